The van der Waals surface area contributed by atoms with Gasteiger partial charge in [0.15, 0.2) is 5.76 Å². The third-order valence-electron chi connectivity index (χ3n) is 6.45. The van der Waals surface area contributed by atoms with Gasteiger partial charge in [-0.3, -0.25) is 4.90 Å². The fourth-order valence-corrected chi connectivity index (χ4v) is 4.24. The van der Waals surface area contributed by atoms with Crippen LogP contribution in [0.4, 0.5) is 10.2 Å². The summed E-state index contributed by atoms with van der Waals surface area (Å²) < 4.78 is 20.5. The molecule has 0 radical (unpaired) electrons. The molecule has 2 aliphatic carbocycles. The van der Waals surface area contributed by atoms with Gasteiger partial charge in [-0.05, 0) is 32.3 Å². The van der Waals surface area contributed by atoms with Crippen LogP contribution in [0, 0.1) is 0 Å². The van der Waals surface area contributed by atoms with Crippen LogP contribution in [0.25, 0.3) is 0 Å². The molecule has 3 heterocycles. The molecule has 9 heteroatoms. The first-order valence-corrected chi connectivity index (χ1v) is 11.1. The van der Waals surface area contributed by atoms with E-state index < -0.39 is 0 Å². The van der Waals surface area contributed by atoms with Crippen LogP contribution in [-0.2, 0) is 4.74 Å². The first kappa shape index (κ1) is 20.4. The fraction of sp³-hybridized carbons (Fsp3) is 0.591. The molecule has 0 spiro atoms. The van der Waals surface area contributed by atoms with E-state index in [0.29, 0.717) is 5.76 Å². The van der Waals surface area contributed by atoms with E-state index >= 15 is 0 Å². The minimum absolute atomic E-state index is 0.192. The molecule has 1 atom stereocenters. The zero-order chi connectivity index (χ0) is 21.4. The highest BCUT2D eigenvalue weighted by molar-refractivity contribution is 6.14. The number of anilines is 1. The van der Waals surface area contributed by atoms with Crippen molar-refractivity contribution in [1.29, 1.82) is 0 Å². The summed E-state index contributed by atoms with van der Waals surface area (Å²) in [6.45, 7) is 6.81. The molecule has 0 bridgehead atoms. The average molecular weight is 429 g/mol. The van der Waals surface area contributed by atoms with Crippen molar-refractivity contribution in [2.24, 2.45) is 5.10 Å². The van der Waals surface area contributed by atoms with Gasteiger partial charge in [0.1, 0.15) is 29.3 Å². The Labute approximate surface area is 181 Å². The minimum Gasteiger partial charge on any atom is -0.485 e. The Kier molecular flexibility index (Phi) is 5.39. The van der Waals surface area contributed by atoms with Crippen LogP contribution in [0.2, 0.25) is 0 Å². The minimum atomic E-state index is -0.235. The Morgan fingerprint density at radius 2 is 2.06 bits per heavy atom. The lowest BCUT2D eigenvalue weighted by atomic mass is 9.93. The molecule has 2 N–H and O–H groups in total. The number of piperazine rings is 1. The normalized spacial score (nSPS) is 25.0. The predicted molar refractivity (Wildman–Crippen MR) is 115 cm³/mol. The van der Waals surface area contributed by atoms with Gasteiger partial charge in [-0.2, -0.15) is 5.10 Å². The first-order chi connectivity index (χ1) is 15.0. The Morgan fingerprint density at radius 1 is 1.26 bits per heavy atom. The number of aromatic nitrogens is 2. The van der Waals surface area contributed by atoms with E-state index in [2.05, 4.69) is 30.3 Å². The number of allylic oxidation sites excluding steroid dienone is 1. The van der Waals surface area contributed by atoms with Gasteiger partial charge in [0.25, 0.3) is 0 Å². The summed E-state index contributed by atoms with van der Waals surface area (Å²) in [4.78, 5) is 13.5. The van der Waals surface area contributed by atoms with E-state index in [-0.39, 0.29) is 30.5 Å². The van der Waals surface area contributed by atoms with E-state index in [4.69, 9.17) is 9.84 Å². The molecule has 0 amide bonds. The van der Waals surface area contributed by atoms with Crippen LogP contribution in [0.1, 0.15) is 38.3 Å². The average Bonchev–Trinajstić information content (AvgIpc) is 3.37. The van der Waals surface area contributed by atoms with Gasteiger partial charge in [-0.25, -0.2) is 14.4 Å². The standard InChI is InChI=1S/C22H29FN6O2/c1-22(3-4-22)31-19-11-15-17(12-16(19)23)26-27-21(15)18-13-20(25-14-24-18)29-8-6-28(7-9-29)5-2-10-30/h11,13-14,17,26,30H,2-10,12H2,1H3/t17-/m1/s1. The smallest absolute Gasteiger partial charge is 0.152 e. The molecular weight excluding hydrogens is 399 g/mol. The zero-order valence-electron chi connectivity index (χ0n) is 17.8. The molecule has 4 aliphatic rings. The van der Waals surface area contributed by atoms with Gasteiger partial charge < -0.3 is 20.2 Å². The highest BCUT2D eigenvalue weighted by Crippen LogP contribution is 2.43. The molecule has 5 rings (SSSR count). The molecule has 31 heavy (non-hydrogen) atoms. The van der Waals surface area contributed by atoms with Crippen molar-refractivity contribution >= 4 is 11.5 Å². The summed E-state index contributed by atoms with van der Waals surface area (Å²) in [7, 11) is 0. The monoisotopic (exact) mass is 428 g/mol. The maximum absolute atomic E-state index is 14.6. The Bertz CT molecular complexity index is 934. The largest absolute Gasteiger partial charge is 0.485 e. The SMILES string of the molecule is CC1(OC2=C(F)C[C@H]3NN=C(c4cc(N5CCN(CCCO)CC5)ncn4)C3=C2)CC1. The van der Waals surface area contributed by atoms with Crippen molar-refractivity contribution in [3.8, 4) is 0 Å². The molecule has 8 nitrogen and oxygen atoms in total. The maximum Gasteiger partial charge on any atom is 0.152 e. The Balaban J connectivity index is 1.31. The number of halogens is 1. The Hall–Kier alpha value is -2.52. The number of rotatable bonds is 7. The van der Waals surface area contributed by atoms with Gasteiger partial charge in [0.05, 0.1) is 11.7 Å². The second kappa shape index (κ2) is 8.20. The van der Waals surface area contributed by atoms with Gasteiger partial charge >= 0.3 is 0 Å². The summed E-state index contributed by atoms with van der Waals surface area (Å²) >= 11 is 0. The third kappa shape index (κ3) is 4.29. The molecule has 1 aromatic rings. The number of hydrazone groups is 1. The topological polar surface area (TPSA) is 86.1 Å². The molecule has 2 fully saturated rings. The summed E-state index contributed by atoms with van der Waals surface area (Å²) in [5, 5.41) is 13.5. The van der Waals surface area contributed by atoms with Crippen molar-refractivity contribution in [1.82, 2.24) is 20.3 Å². The van der Waals surface area contributed by atoms with Gasteiger partial charge in [0.2, 0.25) is 0 Å². The summed E-state index contributed by atoms with van der Waals surface area (Å²) in [5.41, 5.74) is 5.19. The van der Waals surface area contributed by atoms with Gasteiger partial charge in [0, 0.05) is 57.4 Å². The predicted octanol–water partition coefficient (Wildman–Crippen LogP) is 1.74. The molecule has 166 valence electrons. The molecule has 2 aliphatic heterocycles. The van der Waals surface area contributed by atoms with Crippen molar-refractivity contribution in [3.05, 3.63) is 41.3 Å². The fourth-order valence-electron chi connectivity index (χ4n) is 4.24. The lowest BCUT2D eigenvalue weighted by Crippen LogP contribution is -2.47. The number of aliphatic hydroxyl groups excluding tert-OH is 1. The third-order valence-corrected chi connectivity index (χ3v) is 6.45. The van der Waals surface area contributed by atoms with Crippen LogP contribution in [0.15, 0.2) is 40.7 Å². The number of hydrogen-bond donors (Lipinski definition) is 2. The molecule has 1 saturated heterocycles. The second-order valence-electron chi connectivity index (χ2n) is 8.93. The van der Waals surface area contributed by atoms with Crippen LogP contribution >= 0.6 is 0 Å². The number of aliphatic hydroxyl groups is 1. The summed E-state index contributed by atoms with van der Waals surface area (Å²) in [6, 6.07) is 1.77. The van der Waals surface area contributed by atoms with E-state index in [9.17, 15) is 4.39 Å². The first-order valence-electron chi connectivity index (χ1n) is 11.1. The van der Waals surface area contributed by atoms with Crippen molar-refractivity contribution in [2.75, 3.05) is 44.2 Å². The zero-order valence-corrected chi connectivity index (χ0v) is 17.8. The summed E-state index contributed by atoms with van der Waals surface area (Å²) in [5.74, 6) is 0.974. The molecular formula is C22H29FN6O2. The number of fused-ring (bicyclic) bond motifs is 1. The number of ether oxygens (including phenoxy) is 1. The molecule has 1 aromatic heterocycles. The van der Waals surface area contributed by atoms with Crippen molar-refractivity contribution < 1.29 is 14.2 Å². The lowest BCUT2D eigenvalue weighted by molar-refractivity contribution is 0.110. The Morgan fingerprint density at radius 3 is 2.81 bits per heavy atom. The van der Waals surface area contributed by atoms with Crippen LogP contribution in [0.3, 0.4) is 0 Å². The van der Waals surface area contributed by atoms with Crippen LogP contribution in [0.5, 0.6) is 0 Å². The van der Waals surface area contributed by atoms with Crippen molar-refractivity contribution in [3.63, 3.8) is 0 Å². The van der Waals surface area contributed by atoms with Gasteiger partial charge in [-0.1, -0.05) is 0 Å². The number of hydrogen-bond acceptors (Lipinski definition) is 8. The van der Waals surface area contributed by atoms with E-state index in [0.717, 1.165) is 74.8 Å². The summed E-state index contributed by atoms with van der Waals surface area (Å²) in [6.07, 6.45) is 6.31. The van der Waals surface area contributed by atoms with Gasteiger partial charge in [-0.15, -0.1) is 0 Å². The highest BCUT2D eigenvalue weighted by Gasteiger charge is 2.42. The van der Waals surface area contributed by atoms with E-state index in [1.807, 2.05) is 13.0 Å². The number of nitrogens with one attached hydrogen (secondary N) is 1. The highest BCUT2D eigenvalue weighted by atomic mass is 19.1. The molecule has 1 saturated carbocycles. The second-order valence-corrected chi connectivity index (χ2v) is 8.93. The quantitative estimate of drug-likeness (QED) is 0.684. The molecule has 0 aromatic carbocycles. The van der Waals surface area contributed by atoms with Crippen LogP contribution in [-0.4, -0.2) is 76.7 Å². The maximum atomic E-state index is 14.6. The lowest BCUT2D eigenvalue weighted by Gasteiger charge is -2.35. The molecule has 0 unspecified atom stereocenters. The van der Waals surface area contributed by atoms with Crippen LogP contribution < -0.4 is 10.3 Å². The number of nitrogens with zero attached hydrogens (tertiary/aromatic N) is 5. The van der Waals surface area contributed by atoms with Crippen molar-refractivity contribution in [2.45, 2.75) is 44.2 Å². The van der Waals surface area contributed by atoms with E-state index in [1.165, 1.54) is 0 Å². The van der Waals surface area contributed by atoms with E-state index in [1.54, 1.807) is 12.4 Å².